The van der Waals surface area contributed by atoms with Crippen molar-refractivity contribution in [2.75, 3.05) is 30.9 Å². The maximum Gasteiger partial charge on any atom is 0.313 e. The molecule has 0 fully saturated rings. The van der Waals surface area contributed by atoms with Crippen LogP contribution in [0.25, 0.3) is 0 Å². The second-order valence-electron chi connectivity index (χ2n) is 4.50. The van der Waals surface area contributed by atoms with E-state index in [-0.39, 0.29) is 11.5 Å². The molecule has 0 unspecified atom stereocenters. The molecule has 1 aromatic carbocycles. The van der Waals surface area contributed by atoms with Gasteiger partial charge in [0.25, 0.3) is 0 Å². The van der Waals surface area contributed by atoms with Crippen LogP contribution in [0.5, 0.6) is 0 Å². The number of amides is 2. The number of aryl methyl sites for hydroxylation is 1. The third-order valence-electron chi connectivity index (χ3n) is 2.58. The zero-order valence-electron chi connectivity index (χ0n) is 11.7. The average molecular weight is 294 g/mol. The maximum atomic E-state index is 11.7. The van der Waals surface area contributed by atoms with Crippen molar-refractivity contribution in [2.24, 2.45) is 5.73 Å². The summed E-state index contributed by atoms with van der Waals surface area (Å²) in [5.41, 5.74) is 7.83. The summed E-state index contributed by atoms with van der Waals surface area (Å²) in [7, 11) is 3.81. The van der Waals surface area contributed by atoms with Gasteiger partial charge in [-0.2, -0.15) is 0 Å². The van der Waals surface area contributed by atoms with Crippen LogP contribution >= 0.6 is 12.2 Å². The van der Waals surface area contributed by atoms with E-state index in [4.69, 9.17) is 5.73 Å². The average Bonchev–Trinajstić information content (AvgIpc) is 2.37. The number of benzene rings is 1. The maximum absolute atomic E-state index is 11.7. The molecule has 6 nitrogen and oxygen atoms in total. The molecule has 0 aliphatic carbocycles. The predicted octanol–water partition coefficient (Wildman–Crippen LogP) is 0.402. The molecule has 1 rings (SSSR count). The zero-order chi connectivity index (χ0) is 15.3. The third-order valence-corrected chi connectivity index (χ3v) is 2.72. The van der Waals surface area contributed by atoms with E-state index in [2.05, 4.69) is 22.9 Å². The number of hydrogen-bond acceptors (Lipinski definition) is 4. The second kappa shape index (κ2) is 6.85. The van der Waals surface area contributed by atoms with E-state index in [1.807, 2.05) is 32.0 Å². The van der Waals surface area contributed by atoms with Crippen LogP contribution in [0.1, 0.15) is 5.56 Å². The molecule has 4 N–H and O–H groups in total. The first kappa shape index (κ1) is 15.9. The molecule has 0 saturated carbocycles. The minimum atomic E-state index is -0.773. The minimum absolute atomic E-state index is 0.00156. The van der Waals surface area contributed by atoms with Gasteiger partial charge in [0.1, 0.15) is 0 Å². The number of nitrogens with zero attached hydrogens (tertiary/aromatic N) is 1. The SMILES string of the molecule is Cc1ccc(NC(=O)C(=O)NCC(N)=S)cc1N(C)C. The van der Waals surface area contributed by atoms with Crippen LogP contribution in [0, 0.1) is 6.92 Å². The smallest absolute Gasteiger partial charge is 0.313 e. The molecule has 20 heavy (non-hydrogen) atoms. The lowest BCUT2D eigenvalue weighted by Crippen LogP contribution is -2.39. The van der Waals surface area contributed by atoms with Crippen LogP contribution in [-0.2, 0) is 9.59 Å². The summed E-state index contributed by atoms with van der Waals surface area (Å²) in [5.74, 6) is -1.53. The van der Waals surface area contributed by atoms with Crippen molar-refractivity contribution in [1.82, 2.24) is 5.32 Å². The number of thiocarbonyl (C=S) groups is 1. The summed E-state index contributed by atoms with van der Waals surface area (Å²) in [6, 6.07) is 5.41. The van der Waals surface area contributed by atoms with Crippen molar-refractivity contribution >= 4 is 40.4 Å². The van der Waals surface area contributed by atoms with Gasteiger partial charge < -0.3 is 21.3 Å². The highest BCUT2D eigenvalue weighted by molar-refractivity contribution is 7.80. The van der Waals surface area contributed by atoms with Gasteiger partial charge in [0, 0.05) is 25.5 Å². The molecule has 0 saturated heterocycles. The van der Waals surface area contributed by atoms with Gasteiger partial charge >= 0.3 is 11.8 Å². The molecule has 0 atom stereocenters. The molecule has 0 heterocycles. The summed E-state index contributed by atoms with van der Waals surface area (Å²) in [4.78, 5) is 25.2. The summed E-state index contributed by atoms with van der Waals surface area (Å²) in [6.07, 6.45) is 0. The lowest BCUT2D eigenvalue weighted by Gasteiger charge is -2.17. The van der Waals surface area contributed by atoms with Crippen LogP contribution in [0.4, 0.5) is 11.4 Å². The fourth-order valence-corrected chi connectivity index (χ4v) is 1.68. The van der Waals surface area contributed by atoms with Crippen molar-refractivity contribution in [2.45, 2.75) is 6.92 Å². The van der Waals surface area contributed by atoms with Gasteiger partial charge in [-0.05, 0) is 24.6 Å². The fourth-order valence-electron chi connectivity index (χ4n) is 1.60. The summed E-state index contributed by atoms with van der Waals surface area (Å²) in [6.45, 7) is 1.97. The Morgan fingerprint density at radius 1 is 1.30 bits per heavy atom. The normalized spacial score (nSPS) is 9.75. The molecule has 0 bridgehead atoms. The first-order chi connectivity index (χ1) is 9.31. The summed E-state index contributed by atoms with van der Waals surface area (Å²) < 4.78 is 0. The number of anilines is 2. The third kappa shape index (κ3) is 4.51. The molecular weight excluding hydrogens is 276 g/mol. The Balaban J connectivity index is 2.73. The van der Waals surface area contributed by atoms with Crippen molar-refractivity contribution in [3.8, 4) is 0 Å². The van der Waals surface area contributed by atoms with Gasteiger partial charge in [0.2, 0.25) is 0 Å². The van der Waals surface area contributed by atoms with E-state index in [1.165, 1.54) is 0 Å². The first-order valence-corrected chi connectivity index (χ1v) is 6.37. The Hall–Kier alpha value is -2.15. The minimum Gasteiger partial charge on any atom is -0.392 e. The predicted molar refractivity (Wildman–Crippen MR) is 83.9 cm³/mol. The fraction of sp³-hybridized carbons (Fsp3) is 0.308. The number of nitrogens with two attached hydrogens (primary N) is 1. The molecule has 2 amide bonds. The highest BCUT2D eigenvalue weighted by Gasteiger charge is 2.14. The van der Waals surface area contributed by atoms with Crippen molar-refractivity contribution in [3.63, 3.8) is 0 Å². The van der Waals surface area contributed by atoms with Gasteiger partial charge in [-0.25, -0.2) is 0 Å². The number of hydrogen-bond donors (Lipinski definition) is 3. The topological polar surface area (TPSA) is 87.5 Å². The monoisotopic (exact) mass is 294 g/mol. The quantitative estimate of drug-likeness (QED) is 0.553. The van der Waals surface area contributed by atoms with E-state index in [0.717, 1.165) is 11.3 Å². The lowest BCUT2D eigenvalue weighted by atomic mass is 10.1. The zero-order valence-corrected chi connectivity index (χ0v) is 12.5. The molecule has 1 aromatic rings. The summed E-state index contributed by atoms with van der Waals surface area (Å²) in [5, 5.41) is 4.85. The van der Waals surface area contributed by atoms with Gasteiger partial charge in [0.15, 0.2) is 0 Å². The van der Waals surface area contributed by atoms with Crippen LogP contribution in [0.3, 0.4) is 0 Å². The van der Waals surface area contributed by atoms with Crippen LogP contribution in [-0.4, -0.2) is 37.4 Å². The van der Waals surface area contributed by atoms with Crippen LogP contribution in [0.2, 0.25) is 0 Å². The Bertz CT molecular complexity index is 543. The highest BCUT2D eigenvalue weighted by atomic mass is 32.1. The molecule has 0 spiro atoms. The van der Waals surface area contributed by atoms with Crippen molar-refractivity contribution in [1.29, 1.82) is 0 Å². The van der Waals surface area contributed by atoms with Crippen molar-refractivity contribution < 1.29 is 9.59 Å². The van der Waals surface area contributed by atoms with E-state index >= 15 is 0 Å². The Labute approximate surface area is 123 Å². The molecule has 7 heteroatoms. The van der Waals surface area contributed by atoms with Crippen molar-refractivity contribution in [3.05, 3.63) is 23.8 Å². The Morgan fingerprint density at radius 2 is 1.95 bits per heavy atom. The van der Waals surface area contributed by atoms with E-state index < -0.39 is 11.8 Å². The van der Waals surface area contributed by atoms with Gasteiger partial charge in [-0.3, -0.25) is 9.59 Å². The molecule has 0 aliphatic rings. The van der Waals surface area contributed by atoms with E-state index in [0.29, 0.717) is 5.69 Å². The van der Waals surface area contributed by atoms with Gasteiger partial charge in [-0.15, -0.1) is 0 Å². The van der Waals surface area contributed by atoms with E-state index in [9.17, 15) is 9.59 Å². The molecule has 108 valence electrons. The first-order valence-electron chi connectivity index (χ1n) is 5.96. The van der Waals surface area contributed by atoms with Gasteiger partial charge in [0.05, 0.1) is 11.5 Å². The van der Waals surface area contributed by atoms with Gasteiger partial charge in [-0.1, -0.05) is 18.3 Å². The number of rotatable bonds is 4. The van der Waals surface area contributed by atoms with E-state index in [1.54, 1.807) is 12.1 Å². The molecule has 0 radical (unpaired) electrons. The summed E-state index contributed by atoms with van der Waals surface area (Å²) >= 11 is 4.62. The Kier molecular flexibility index (Phi) is 5.45. The number of carbonyl (C=O) groups is 2. The number of carbonyl (C=O) groups excluding carboxylic acids is 2. The number of nitrogens with one attached hydrogen (secondary N) is 2. The molecule has 0 aromatic heterocycles. The van der Waals surface area contributed by atoms with Crippen LogP contribution < -0.4 is 21.3 Å². The standard InChI is InChI=1S/C13H18N4O2S/c1-8-4-5-9(6-10(8)17(2)3)16-13(19)12(18)15-7-11(14)20/h4-6H,7H2,1-3H3,(H2,14,20)(H,15,18)(H,16,19). The largest absolute Gasteiger partial charge is 0.392 e. The lowest BCUT2D eigenvalue weighted by molar-refractivity contribution is -0.135. The molecule has 0 aliphatic heterocycles. The highest BCUT2D eigenvalue weighted by Crippen LogP contribution is 2.22. The molecular formula is C13H18N4O2S. The Morgan fingerprint density at radius 3 is 2.50 bits per heavy atom. The second-order valence-corrected chi connectivity index (χ2v) is 5.02. The van der Waals surface area contributed by atoms with Crippen LogP contribution in [0.15, 0.2) is 18.2 Å².